The monoisotopic (exact) mass is 473 g/mol. The summed E-state index contributed by atoms with van der Waals surface area (Å²) in [6.07, 6.45) is 4.30. The number of nitrogens with two attached hydrogens (primary N) is 1. The summed E-state index contributed by atoms with van der Waals surface area (Å²) in [5.74, 6) is -0.810. The number of anilines is 2. The van der Waals surface area contributed by atoms with Crippen LogP contribution in [0.2, 0.25) is 0 Å². The van der Waals surface area contributed by atoms with Crippen molar-refractivity contribution in [3.05, 3.63) is 72.6 Å². The first-order valence-corrected chi connectivity index (χ1v) is 11.8. The summed E-state index contributed by atoms with van der Waals surface area (Å²) in [6.45, 7) is 2.96. The van der Waals surface area contributed by atoms with E-state index in [1.165, 1.54) is 12.1 Å². The number of hydrogen-bond acceptors (Lipinski definition) is 6. The van der Waals surface area contributed by atoms with Crippen molar-refractivity contribution in [3.63, 3.8) is 0 Å². The number of ether oxygens (including phenoxy) is 1. The minimum atomic E-state index is -0.624. The third-order valence-corrected chi connectivity index (χ3v) is 6.88. The lowest BCUT2D eigenvalue weighted by atomic mass is 9.95. The highest BCUT2D eigenvalue weighted by Gasteiger charge is 2.33. The number of hydrogen-bond donors (Lipinski definition) is 2. The highest BCUT2D eigenvalue weighted by molar-refractivity contribution is 6.02. The quantitative estimate of drug-likeness (QED) is 0.460. The molecule has 0 aliphatic carbocycles. The molecule has 0 saturated carbocycles. The summed E-state index contributed by atoms with van der Waals surface area (Å²) in [7, 11) is 0. The molecule has 4 aromatic rings. The van der Waals surface area contributed by atoms with Crippen LogP contribution in [0.1, 0.15) is 6.42 Å². The average molecular weight is 474 g/mol. The number of nitrogens with one attached hydrogen (secondary N) is 1. The maximum absolute atomic E-state index is 14.2. The Hall–Kier alpha value is -3.62. The lowest BCUT2D eigenvalue weighted by molar-refractivity contribution is -0.00896. The topological polar surface area (TPSA) is 76.3 Å². The number of pyridine rings is 2. The van der Waals surface area contributed by atoms with Gasteiger partial charge in [0.15, 0.2) is 0 Å². The second kappa shape index (κ2) is 8.87. The first kappa shape index (κ1) is 21.9. The van der Waals surface area contributed by atoms with Crippen molar-refractivity contribution in [1.29, 1.82) is 0 Å². The van der Waals surface area contributed by atoms with Gasteiger partial charge in [-0.3, -0.25) is 4.98 Å². The molecule has 2 aromatic heterocycles. The maximum atomic E-state index is 14.2. The molecule has 2 unspecified atom stereocenters. The lowest BCUT2D eigenvalue weighted by Gasteiger charge is -2.43. The van der Waals surface area contributed by atoms with E-state index in [2.05, 4.69) is 20.2 Å². The van der Waals surface area contributed by atoms with Gasteiger partial charge in [-0.05, 0) is 53.9 Å². The summed E-state index contributed by atoms with van der Waals surface area (Å²) < 4.78 is 34.5. The molecular weight excluding hydrogens is 448 g/mol. The van der Waals surface area contributed by atoms with E-state index in [9.17, 15) is 8.78 Å². The summed E-state index contributed by atoms with van der Waals surface area (Å²) in [5, 5.41) is 4.43. The van der Waals surface area contributed by atoms with E-state index >= 15 is 0 Å². The Morgan fingerprint density at radius 2 is 1.86 bits per heavy atom. The highest BCUT2D eigenvalue weighted by atomic mass is 19.1. The van der Waals surface area contributed by atoms with Gasteiger partial charge in [0.1, 0.15) is 17.5 Å². The number of morpholine rings is 1. The van der Waals surface area contributed by atoms with Crippen LogP contribution in [0.25, 0.3) is 33.2 Å². The van der Waals surface area contributed by atoms with E-state index in [1.54, 1.807) is 12.4 Å². The highest BCUT2D eigenvalue weighted by Crippen LogP contribution is 2.40. The predicted molar refractivity (Wildman–Crippen MR) is 133 cm³/mol. The Morgan fingerprint density at radius 1 is 1.00 bits per heavy atom. The zero-order chi connectivity index (χ0) is 23.9. The van der Waals surface area contributed by atoms with Crippen LogP contribution >= 0.6 is 0 Å². The van der Waals surface area contributed by atoms with Crippen molar-refractivity contribution < 1.29 is 13.5 Å². The van der Waals surface area contributed by atoms with Gasteiger partial charge in [0, 0.05) is 60.6 Å². The van der Waals surface area contributed by atoms with Crippen LogP contribution in [-0.4, -0.2) is 48.4 Å². The fourth-order valence-electron chi connectivity index (χ4n) is 5.25. The zero-order valence-electron chi connectivity index (χ0n) is 19.0. The van der Waals surface area contributed by atoms with Crippen LogP contribution in [-0.2, 0) is 4.74 Å². The standard InChI is InChI=1S/C27H25F2N5O/c28-18-10-17(11-19(29)13-18)22-14-33-23-4-3-16(20-2-1-6-32-27(20)30)12-21(23)26(22)34-8-5-24-25(15-34)35-9-7-31-24/h1-4,6,10-14,24-25,31H,5,7-9,15H2,(H2,30,32). The van der Waals surface area contributed by atoms with Crippen LogP contribution in [0.4, 0.5) is 20.3 Å². The third kappa shape index (κ3) is 4.09. The van der Waals surface area contributed by atoms with Gasteiger partial charge in [-0.1, -0.05) is 6.07 Å². The van der Waals surface area contributed by atoms with Gasteiger partial charge < -0.3 is 20.7 Å². The fraction of sp³-hybridized carbons (Fsp3) is 0.259. The molecule has 0 amide bonds. The van der Waals surface area contributed by atoms with Crippen molar-refractivity contribution >= 4 is 22.4 Å². The van der Waals surface area contributed by atoms with Gasteiger partial charge in [0.05, 0.1) is 23.9 Å². The number of rotatable bonds is 3. The molecule has 2 saturated heterocycles. The minimum Gasteiger partial charge on any atom is -0.383 e. The molecule has 6 rings (SSSR count). The second-order valence-electron chi connectivity index (χ2n) is 9.05. The van der Waals surface area contributed by atoms with Gasteiger partial charge in [-0.2, -0.15) is 0 Å². The van der Waals surface area contributed by atoms with Crippen molar-refractivity contribution in [3.8, 4) is 22.3 Å². The van der Waals surface area contributed by atoms with Gasteiger partial charge in [-0.15, -0.1) is 0 Å². The van der Waals surface area contributed by atoms with Gasteiger partial charge in [-0.25, -0.2) is 13.8 Å². The normalized spacial score (nSPS) is 20.1. The van der Waals surface area contributed by atoms with Gasteiger partial charge in [0.2, 0.25) is 0 Å². The van der Waals surface area contributed by atoms with Crippen LogP contribution in [0.15, 0.2) is 60.9 Å². The van der Waals surface area contributed by atoms with Gasteiger partial charge >= 0.3 is 0 Å². The Morgan fingerprint density at radius 3 is 2.69 bits per heavy atom. The number of halogens is 2. The molecule has 4 heterocycles. The summed E-state index contributed by atoms with van der Waals surface area (Å²) in [4.78, 5) is 11.1. The number of benzene rings is 2. The Kier molecular flexibility index (Phi) is 5.54. The first-order chi connectivity index (χ1) is 17.1. The molecule has 2 atom stereocenters. The van der Waals surface area contributed by atoms with Crippen LogP contribution in [0, 0.1) is 11.6 Å². The van der Waals surface area contributed by atoms with E-state index in [-0.39, 0.29) is 6.10 Å². The molecule has 178 valence electrons. The Balaban J connectivity index is 1.55. The molecule has 2 aliphatic heterocycles. The van der Waals surface area contributed by atoms with Crippen LogP contribution in [0.5, 0.6) is 0 Å². The summed E-state index contributed by atoms with van der Waals surface area (Å²) in [5.41, 5.74) is 10.7. The van der Waals surface area contributed by atoms with Crippen molar-refractivity contribution in [2.24, 2.45) is 0 Å². The number of nitrogen functional groups attached to an aromatic ring is 1. The van der Waals surface area contributed by atoms with E-state index in [0.29, 0.717) is 36.1 Å². The summed E-state index contributed by atoms with van der Waals surface area (Å²) in [6, 6.07) is 13.6. The molecule has 3 N–H and O–H groups in total. The molecular formula is C27H25F2N5O. The number of nitrogens with zero attached hydrogens (tertiary/aromatic N) is 3. The van der Waals surface area contributed by atoms with Crippen molar-refractivity contribution in [2.45, 2.75) is 18.6 Å². The SMILES string of the molecule is Nc1ncccc1-c1ccc2ncc(-c3cc(F)cc(F)c3)c(N3CCC4NCCOC4C3)c2c1. The molecule has 35 heavy (non-hydrogen) atoms. The summed E-state index contributed by atoms with van der Waals surface area (Å²) >= 11 is 0. The molecule has 2 fully saturated rings. The minimum absolute atomic E-state index is 0.0370. The lowest BCUT2D eigenvalue weighted by Crippen LogP contribution is -2.57. The molecule has 2 aliphatic rings. The van der Waals surface area contributed by atoms with Crippen LogP contribution in [0.3, 0.4) is 0 Å². The molecule has 2 aromatic carbocycles. The Bertz CT molecular complexity index is 1390. The molecule has 6 nitrogen and oxygen atoms in total. The largest absolute Gasteiger partial charge is 0.383 e. The number of fused-ring (bicyclic) bond motifs is 2. The molecule has 8 heteroatoms. The molecule has 0 radical (unpaired) electrons. The smallest absolute Gasteiger partial charge is 0.131 e. The number of aromatic nitrogens is 2. The fourth-order valence-corrected chi connectivity index (χ4v) is 5.25. The number of piperidine rings is 1. The van der Waals surface area contributed by atoms with Crippen LogP contribution < -0.4 is 16.0 Å². The first-order valence-electron chi connectivity index (χ1n) is 11.8. The second-order valence-corrected chi connectivity index (χ2v) is 9.05. The average Bonchev–Trinajstić information content (AvgIpc) is 2.87. The van der Waals surface area contributed by atoms with E-state index in [4.69, 9.17) is 10.5 Å². The molecule has 0 spiro atoms. The van der Waals surface area contributed by atoms with Gasteiger partial charge in [0.25, 0.3) is 0 Å². The Labute approximate surface area is 201 Å². The third-order valence-electron chi connectivity index (χ3n) is 6.88. The maximum Gasteiger partial charge on any atom is 0.131 e. The van der Waals surface area contributed by atoms with E-state index < -0.39 is 11.6 Å². The van der Waals surface area contributed by atoms with E-state index in [0.717, 1.165) is 53.3 Å². The van der Waals surface area contributed by atoms with Crippen molar-refractivity contribution in [2.75, 3.05) is 36.9 Å². The predicted octanol–water partition coefficient (Wildman–Crippen LogP) is 4.39. The molecule has 0 bridgehead atoms. The van der Waals surface area contributed by atoms with E-state index in [1.807, 2.05) is 30.3 Å². The van der Waals surface area contributed by atoms with Crippen molar-refractivity contribution in [1.82, 2.24) is 15.3 Å². The zero-order valence-corrected chi connectivity index (χ0v) is 19.0.